The predicted octanol–water partition coefficient (Wildman–Crippen LogP) is 3.86. The van der Waals surface area contributed by atoms with Gasteiger partial charge in [0.15, 0.2) is 0 Å². The molecule has 1 aliphatic rings. The van der Waals surface area contributed by atoms with E-state index in [1.165, 1.54) is 5.56 Å². The van der Waals surface area contributed by atoms with Gasteiger partial charge in [0, 0.05) is 44.5 Å². The number of hydrogen-bond acceptors (Lipinski definition) is 3. The van der Waals surface area contributed by atoms with Crippen LogP contribution in [0.1, 0.15) is 57.5 Å². The van der Waals surface area contributed by atoms with Crippen molar-refractivity contribution in [2.45, 2.75) is 38.6 Å². The number of pyridine rings is 1. The molecule has 1 fully saturated rings. The van der Waals surface area contributed by atoms with Crippen LogP contribution in [-0.2, 0) is 13.0 Å². The van der Waals surface area contributed by atoms with Crippen molar-refractivity contribution in [1.82, 2.24) is 14.8 Å². The second-order valence-corrected chi connectivity index (χ2v) is 8.75. The van der Waals surface area contributed by atoms with Crippen LogP contribution in [0.4, 0.5) is 0 Å². The average molecular weight is 458 g/mol. The molecule has 2 heterocycles. The summed E-state index contributed by atoms with van der Waals surface area (Å²) in [5.41, 5.74) is 1.92. The van der Waals surface area contributed by atoms with Crippen molar-refractivity contribution in [3.8, 4) is 0 Å². The molecule has 0 bridgehead atoms. The van der Waals surface area contributed by atoms with E-state index in [0.717, 1.165) is 24.8 Å². The summed E-state index contributed by atoms with van der Waals surface area (Å²) in [6.07, 6.45) is 5.79. The first-order valence-corrected chi connectivity index (χ1v) is 12.0. The van der Waals surface area contributed by atoms with Crippen LogP contribution in [0.5, 0.6) is 0 Å². The molecule has 6 nitrogen and oxygen atoms in total. The normalized spacial score (nSPS) is 15.7. The van der Waals surface area contributed by atoms with Crippen LogP contribution in [0.2, 0.25) is 0 Å². The Morgan fingerprint density at radius 3 is 2.35 bits per heavy atom. The number of amides is 2. The van der Waals surface area contributed by atoms with Crippen LogP contribution < -0.4 is 10.7 Å². The molecule has 1 aliphatic heterocycles. The molecule has 176 valence electrons. The van der Waals surface area contributed by atoms with Gasteiger partial charge in [-0.2, -0.15) is 0 Å². The van der Waals surface area contributed by atoms with Crippen molar-refractivity contribution < 1.29 is 9.59 Å². The number of rotatable bonds is 7. The van der Waals surface area contributed by atoms with Gasteiger partial charge in [0.2, 0.25) is 5.43 Å². The Hall–Kier alpha value is -3.67. The molecule has 2 aromatic carbocycles. The summed E-state index contributed by atoms with van der Waals surface area (Å²) in [6.45, 7) is 3.95. The lowest BCUT2D eigenvalue weighted by molar-refractivity contribution is 0.0705. The van der Waals surface area contributed by atoms with E-state index in [-0.39, 0.29) is 23.0 Å². The van der Waals surface area contributed by atoms with E-state index < -0.39 is 11.3 Å². The van der Waals surface area contributed by atoms with Crippen molar-refractivity contribution in [1.29, 1.82) is 0 Å². The maximum atomic E-state index is 13.5. The molecule has 1 saturated heterocycles. The second kappa shape index (κ2) is 11.0. The minimum atomic E-state index is -0.506. The second-order valence-electron chi connectivity index (χ2n) is 8.75. The van der Waals surface area contributed by atoms with Gasteiger partial charge in [0.1, 0.15) is 11.1 Å². The molecule has 2 amide bonds. The molecule has 0 aliphatic carbocycles. The SMILES string of the molecule is CCNC(=O)c1cn(CCc2ccccc2)cc(C(=O)N2CCC[C@@H](c3ccccc3)C2)c1=O. The molecule has 0 saturated carbocycles. The highest BCUT2D eigenvalue weighted by Gasteiger charge is 2.28. The molecule has 6 heteroatoms. The summed E-state index contributed by atoms with van der Waals surface area (Å²) in [5, 5.41) is 2.70. The number of aryl methyl sites for hydroxylation is 2. The molecule has 0 spiro atoms. The molecule has 1 aromatic heterocycles. The van der Waals surface area contributed by atoms with Crippen molar-refractivity contribution >= 4 is 11.8 Å². The van der Waals surface area contributed by atoms with E-state index in [0.29, 0.717) is 26.2 Å². The van der Waals surface area contributed by atoms with E-state index in [1.54, 1.807) is 28.8 Å². The summed E-state index contributed by atoms with van der Waals surface area (Å²) in [5.74, 6) is -0.507. The van der Waals surface area contributed by atoms with E-state index in [1.807, 2.05) is 48.5 Å². The van der Waals surface area contributed by atoms with Gasteiger partial charge in [0.05, 0.1) is 0 Å². The van der Waals surface area contributed by atoms with Gasteiger partial charge in [-0.15, -0.1) is 0 Å². The highest BCUT2D eigenvalue weighted by atomic mass is 16.2. The number of nitrogens with one attached hydrogen (secondary N) is 1. The first kappa shape index (κ1) is 23.5. The van der Waals surface area contributed by atoms with Gasteiger partial charge in [0.25, 0.3) is 11.8 Å². The van der Waals surface area contributed by atoms with Gasteiger partial charge in [-0.3, -0.25) is 14.4 Å². The monoisotopic (exact) mass is 457 g/mol. The van der Waals surface area contributed by atoms with Crippen molar-refractivity contribution in [2.24, 2.45) is 0 Å². The van der Waals surface area contributed by atoms with Gasteiger partial charge in [-0.25, -0.2) is 0 Å². The van der Waals surface area contributed by atoms with Crippen molar-refractivity contribution in [3.05, 3.63) is 106 Å². The molecular weight excluding hydrogens is 426 g/mol. The van der Waals surface area contributed by atoms with Gasteiger partial charge in [-0.05, 0) is 37.3 Å². The zero-order chi connectivity index (χ0) is 23.9. The van der Waals surface area contributed by atoms with Crippen LogP contribution in [0.25, 0.3) is 0 Å². The zero-order valence-electron chi connectivity index (χ0n) is 19.6. The molecule has 4 rings (SSSR count). The highest BCUT2D eigenvalue weighted by Crippen LogP contribution is 2.27. The largest absolute Gasteiger partial charge is 0.352 e. The number of carbonyl (C=O) groups excluding carboxylic acids is 2. The molecule has 34 heavy (non-hydrogen) atoms. The van der Waals surface area contributed by atoms with Crippen LogP contribution in [0.15, 0.2) is 77.9 Å². The average Bonchev–Trinajstić information content (AvgIpc) is 2.89. The number of carbonyl (C=O) groups is 2. The fourth-order valence-electron chi connectivity index (χ4n) is 4.56. The molecule has 1 N–H and O–H groups in total. The maximum absolute atomic E-state index is 13.5. The predicted molar refractivity (Wildman–Crippen MR) is 133 cm³/mol. The van der Waals surface area contributed by atoms with E-state index >= 15 is 0 Å². The number of benzene rings is 2. The Kier molecular flexibility index (Phi) is 7.58. The summed E-state index contributed by atoms with van der Waals surface area (Å²) >= 11 is 0. The van der Waals surface area contributed by atoms with Crippen LogP contribution in [0, 0.1) is 0 Å². The van der Waals surface area contributed by atoms with E-state index in [2.05, 4.69) is 17.4 Å². The van der Waals surface area contributed by atoms with E-state index in [9.17, 15) is 14.4 Å². The summed E-state index contributed by atoms with van der Waals surface area (Å²) in [7, 11) is 0. The first-order valence-electron chi connectivity index (χ1n) is 12.0. The Labute approximate surface area is 200 Å². The number of likely N-dealkylation sites (tertiary alicyclic amines) is 1. The van der Waals surface area contributed by atoms with Crippen LogP contribution in [-0.4, -0.2) is 40.9 Å². The van der Waals surface area contributed by atoms with Crippen LogP contribution in [0.3, 0.4) is 0 Å². The molecule has 3 aromatic rings. The van der Waals surface area contributed by atoms with Crippen molar-refractivity contribution in [3.63, 3.8) is 0 Å². The highest BCUT2D eigenvalue weighted by molar-refractivity contribution is 5.99. The maximum Gasteiger partial charge on any atom is 0.259 e. The summed E-state index contributed by atoms with van der Waals surface area (Å²) in [4.78, 5) is 41.2. The third kappa shape index (κ3) is 5.45. The topological polar surface area (TPSA) is 71.4 Å². The number of aromatic nitrogens is 1. The quantitative estimate of drug-likeness (QED) is 0.586. The number of hydrogen-bond donors (Lipinski definition) is 1. The minimum absolute atomic E-state index is 0.0115. The smallest absolute Gasteiger partial charge is 0.259 e. The third-order valence-electron chi connectivity index (χ3n) is 6.37. The van der Waals surface area contributed by atoms with Crippen molar-refractivity contribution in [2.75, 3.05) is 19.6 Å². The Morgan fingerprint density at radius 2 is 1.65 bits per heavy atom. The van der Waals surface area contributed by atoms with E-state index in [4.69, 9.17) is 0 Å². The lowest BCUT2D eigenvalue weighted by Gasteiger charge is -2.33. The number of nitrogens with zero attached hydrogens (tertiary/aromatic N) is 2. The molecule has 1 atom stereocenters. The molecule has 0 radical (unpaired) electrons. The van der Waals surface area contributed by atoms with Gasteiger partial charge >= 0.3 is 0 Å². The van der Waals surface area contributed by atoms with Gasteiger partial charge in [-0.1, -0.05) is 60.7 Å². The number of piperidine rings is 1. The van der Waals surface area contributed by atoms with Crippen LogP contribution >= 0.6 is 0 Å². The van der Waals surface area contributed by atoms with Gasteiger partial charge < -0.3 is 14.8 Å². The lowest BCUT2D eigenvalue weighted by atomic mass is 9.90. The fourth-order valence-corrected chi connectivity index (χ4v) is 4.56. The molecule has 0 unspecified atom stereocenters. The zero-order valence-corrected chi connectivity index (χ0v) is 19.6. The lowest BCUT2D eigenvalue weighted by Crippen LogP contribution is -2.42. The fraction of sp³-hybridized carbons (Fsp3) is 0.321. The first-order chi connectivity index (χ1) is 16.6. The summed E-state index contributed by atoms with van der Waals surface area (Å²) in [6, 6.07) is 20.2. The molecular formula is C28H31N3O3. The minimum Gasteiger partial charge on any atom is -0.352 e. The Balaban J connectivity index is 1.62. The standard InChI is InChI=1S/C28H31N3O3/c1-2-29-27(33)24-19-30(17-15-21-10-5-3-6-11-21)20-25(26(24)32)28(34)31-16-9-14-23(18-31)22-12-7-4-8-13-22/h3-8,10-13,19-20,23H,2,9,14-18H2,1H3,(H,29,33)/t23-/m1/s1. The Morgan fingerprint density at radius 1 is 0.971 bits per heavy atom. The third-order valence-corrected chi connectivity index (χ3v) is 6.37. The Bertz CT molecular complexity index is 1190. The summed E-state index contributed by atoms with van der Waals surface area (Å²) < 4.78 is 1.80.